The molecule has 142 valence electrons. The predicted molar refractivity (Wildman–Crippen MR) is 110 cm³/mol. The molecule has 0 radical (unpaired) electrons. The highest BCUT2D eigenvalue weighted by Crippen LogP contribution is 2.48. The van der Waals surface area contributed by atoms with E-state index < -0.39 is 0 Å². The number of hydrogen-bond acceptors (Lipinski definition) is 3. The Kier molecular flexibility index (Phi) is 5.49. The molecule has 2 saturated carbocycles. The Morgan fingerprint density at radius 1 is 0.852 bits per heavy atom. The molecule has 4 rings (SSSR count). The minimum atomic E-state index is 0.317. The van der Waals surface area contributed by atoms with Crippen molar-refractivity contribution in [3.05, 3.63) is 65.2 Å². The number of fused-ring (bicyclic) bond motifs is 2. The molecule has 2 fully saturated rings. The van der Waals surface area contributed by atoms with Gasteiger partial charge in [-0.05, 0) is 78.5 Å². The number of allylic oxidation sites excluding steroid dienone is 1. The van der Waals surface area contributed by atoms with Crippen LogP contribution in [0.2, 0.25) is 0 Å². The molecule has 0 aromatic heterocycles. The molecule has 2 aromatic rings. The lowest BCUT2D eigenvalue weighted by Crippen LogP contribution is -2.25. The predicted octanol–water partition coefficient (Wildman–Crippen LogP) is 5.13. The highest BCUT2D eigenvalue weighted by Gasteiger charge is 2.33. The molecular formula is C24H29NO2. The zero-order chi connectivity index (χ0) is 18.6. The van der Waals surface area contributed by atoms with Gasteiger partial charge in [0.25, 0.3) is 0 Å². The Morgan fingerprint density at radius 3 is 1.89 bits per heavy atom. The maximum atomic E-state index is 9.76. The lowest BCUT2D eigenvalue weighted by molar-refractivity contribution is 0.279. The molecule has 3 heteroatoms. The number of nitrogens with two attached hydrogens (primary N) is 1. The van der Waals surface area contributed by atoms with E-state index in [9.17, 15) is 5.11 Å². The molecule has 0 atom stereocenters. The normalized spacial score (nSPS) is 21.7. The molecule has 2 aliphatic rings. The van der Waals surface area contributed by atoms with Gasteiger partial charge >= 0.3 is 0 Å². The lowest BCUT2D eigenvalue weighted by atomic mass is 9.65. The standard InChI is InChI=1S/C24H29NO2/c25-15-16-27-22-13-9-20(10-14-22)24(19-7-11-21(26)12-8-19)23-17-3-1-4-18(23)6-2-5-17/h7-14,17-18,26H,1-6,15-16,25H2. The number of phenolic OH excluding ortho intramolecular Hbond substituents is 1. The molecule has 3 nitrogen and oxygen atoms in total. The molecule has 0 saturated heterocycles. The fraction of sp³-hybridized carbons (Fsp3) is 0.417. The third-order valence-corrected chi connectivity index (χ3v) is 6.06. The second-order valence-electron chi connectivity index (χ2n) is 7.79. The molecule has 0 unspecified atom stereocenters. The first-order valence-corrected chi connectivity index (χ1v) is 10.2. The van der Waals surface area contributed by atoms with Gasteiger partial charge in [0.2, 0.25) is 0 Å². The van der Waals surface area contributed by atoms with Gasteiger partial charge in [-0.1, -0.05) is 42.7 Å². The Hall–Kier alpha value is -2.26. The van der Waals surface area contributed by atoms with Crippen molar-refractivity contribution < 1.29 is 9.84 Å². The zero-order valence-electron chi connectivity index (χ0n) is 15.9. The van der Waals surface area contributed by atoms with Gasteiger partial charge in [0.05, 0.1) is 0 Å². The lowest BCUT2D eigenvalue weighted by Gasteiger charge is -2.39. The summed E-state index contributed by atoms with van der Waals surface area (Å²) in [5, 5.41) is 9.76. The van der Waals surface area contributed by atoms with Crippen LogP contribution in [0.1, 0.15) is 49.7 Å². The summed E-state index contributed by atoms with van der Waals surface area (Å²) >= 11 is 0. The first-order chi connectivity index (χ1) is 13.3. The molecule has 0 heterocycles. The molecule has 2 aliphatic carbocycles. The van der Waals surface area contributed by atoms with Crippen LogP contribution in [0.25, 0.3) is 5.57 Å². The van der Waals surface area contributed by atoms with Crippen LogP contribution in [0.4, 0.5) is 0 Å². The summed E-state index contributed by atoms with van der Waals surface area (Å²) in [6, 6.07) is 16.1. The number of ether oxygens (including phenoxy) is 1. The Morgan fingerprint density at radius 2 is 1.37 bits per heavy atom. The highest BCUT2D eigenvalue weighted by molar-refractivity contribution is 5.83. The van der Waals surface area contributed by atoms with Gasteiger partial charge in [-0.2, -0.15) is 0 Å². The van der Waals surface area contributed by atoms with Crippen LogP contribution < -0.4 is 10.5 Å². The van der Waals surface area contributed by atoms with E-state index in [1.54, 1.807) is 17.7 Å². The van der Waals surface area contributed by atoms with Crippen molar-refractivity contribution in [2.45, 2.75) is 38.5 Å². The molecule has 0 aliphatic heterocycles. The van der Waals surface area contributed by atoms with Crippen LogP contribution in [0.15, 0.2) is 54.1 Å². The van der Waals surface area contributed by atoms with Gasteiger partial charge in [0.1, 0.15) is 18.1 Å². The summed E-state index contributed by atoms with van der Waals surface area (Å²) in [7, 11) is 0. The zero-order valence-corrected chi connectivity index (χ0v) is 15.9. The van der Waals surface area contributed by atoms with Crippen molar-refractivity contribution in [1.82, 2.24) is 0 Å². The number of benzene rings is 2. The van der Waals surface area contributed by atoms with Crippen LogP contribution in [-0.4, -0.2) is 18.3 Å². The van der Waals surface area contributed by atoms with Crippen molar-refractivity contribution >= 4 is 5.57 Å². The Bertz CT molecular complexity index is 768. The van der Waals surface area contributed by atoms with E-state index in [1.807, 2.05) is 12.1 Å². The summed E-state index contributed by atoms with van der Waals surface area (Å²) in [4.78, 5) is 0. The van der Waals surface area contributed by atoms with Crippen molar-refractivity contribution in [2.75, 3.05) is 13.2 Å². The van der Waals surface area contributed by atoms with E-state index in [0.29, 0.717) is 30.7 Å². The monoisotopic (exact) mass is 363 g/mol. The number of hydrogen-bond donors (Lipinski definition) is 2. The maximum Gasteiger partial charge on any atom is 0.119 e. The number of phenols is 1. The largest absolute Gasteiger partial charge is 0.508 e. The quantitative estimate of drug-likeness (QED) is 0.774. The fourth-order valence-electron chi connectivity index (χ4n) is 4.90. The van der Waals surface area contributed by atoms with Crippen LogP contribution >= 0.6 is 0 Å². The molecule has 0 spiro atoms. The van der Waals surface area contributed by atoms with Gasteiger partial charge in [0, 0.05) is 6.54 Å². The van der Waals surface area contributed by atoms with Crippen molar-refractivity contribution in [3.63, 3.8) is 0 Å². The third-order valence-electron chi connectivity index (χ3n) is 6.06. The molecule has 2 aromatic carbocycles. The average molecular weight is 364 g/mol. The first-order valence-electron chi connectivity index (χ1n) is 10.2. The molecule has 0 amide bonds. The SMILES string of the molecule is NCCOc1ccc(C(=C2C3CCCC2CCC3)c2ccc(O)cc2)cc1. The minimum Gasteiger partial charge on any atom is -0.508 e. The summed E-state index contributed by atoms with van der Waals surface area (Å²) < 4.78 is 5.66. The minimum absolute atomic E-state index is 0.317. The fourth-order valence-corrected chi connectivity index (χ4v) is 4.90. The van der Waals surface area contributed by atoms with E-state index in [0.717, 1.165) is 5.75 Å². The Labute approximate surface area is 161 Å². The second-order valence-corrected chi connectivity index (χ2v) is 7.79. The van der Waals surface area contributed by atoms with Crippen molar-refractivity contribution in [1.29, 1.82) is 0 Å². The van der Waals surface area contributed by atoms with Gasteiger partial charge in [-0.15, -0.1) is 0 Å². The molecular weight excluding hydrogens is 334 g/mol. The first kappa shape index (κ1) is 18.1. The molecule has 27 heavy (non-hydrogen) atoms. The van der Waals surface area contributed by atoms with E-state index >= 15 is 0 Å². The molecule has 2 bridgehead atoms. The summed E-state index contributed by atoms with van der Waals surface area (Å²) in [6.45, 7) is 1.06. The summed E-state index contributed by atoms with van der Waals surface area (Å²) in [6.07, 6.45) is 7.95. The van der Waals surface area contributed by atoms with Gasteiger partial charge in [-0.3, -0.25) is 0 Å². The second kappa shape index (κ2) is 8.18. The van der Waals surface area contributed by atoms with Gasteiger partial charge in [-0.25, -0.2) is 0 Å². The van der Waals surface area contributed by atoms with E-state index in [-0.39, 0.29) is 0 Å². The van der Waals surface area contributed by atoms with Crippen molar-refractivity contribution in [3.8, 4) is 11.5 Å². The Balaban J connectivity index is 1.79. The van der Waals surface area contributed by atoms with E-state index in [1.165, 1.54) is 55.2 Å². The van der Waals surface area contributed by atoms with Crippen LogP contribution in [0.3, 0.4) is 0 Å². The van der Waals surface area contributed by atoms with Crippen LogP contribution in [0.5, 0.6) is 11.5 Å². The topological polar surface area (TPSA) is 55.5 Å². The van der Waals surface area contributed by atoms with Crippen LogP contribution in [-0.2, 0) is 0 Å². The van der Waals surface area contributed by atoms with E-state index in [4.69, 9.17) is 10.5 Å². The maximum absolute atomic E-state index is 9.76. The third kappa shape index (κ3) is 3.89. The van der Waals surface area contributed by atoms with Crippen LogP contribution in [0, 0.1) is 11.8 Å². The van der Waals surface area contributed by atoms with E-state index in [2.05, 4.69) is 24.3 Å². The van der Waals surface area contributed by atoms with Crippen molar-refractivity contribution in [2.24, 2.45) is 17.6 Å². The number of aromatic hydroxyl groups is 1. The van der Waals surface area contributed by atoms with Gasteiger partial charge in [0.15, 0.2) is 0 Å². The average Bonchev–Trinajstić information content (AvgIpc) is 2.69. The highest BCUT2D eigenvalue weighted by atomic mass is 16.5. The molecule has 3 N–H and O–H groups in total. The summed E-state index contributed by atoms with van der Waals surface area (Å²) in [5.74, 6) is 2.59. The number of rotatable bonds is 5. The van der Waals surface area contributed by atoms with Gasteiger partial charge < -0.3 is 15.6 Å². The summed E-state index contributed by atoms with van der Waals surface area (Å²) in [5.41, 5.74) is 11.0. The smallest absolute Gasteiger partial charge is 0.119 e.